The van der Waals surface area contributed by atoms with Crippen LogP contribution >= 0.6 is 11.6 Å². The molecule has 1 aliphatic carbocycles. The summed E-state index contributed by atoms with van der Waals surface area (Å²) in [5.74, 6) is 0.445. The summed E-state index contributed by atoms with van der Waals surface area (Å²) in [5.41, 5.74) is -0.641. The van der Waals surface area contributed by atoms with E-state index >= 15 is 0 Å². The molecule has 5 nitrogen and oxygen atoms in total. The van der Waals surface area contributed by atoms with E-state index in [1.54, 1.807) is 4.90 Å². The quantitative estimate of drug-likeness (QED) is 0.585. The van der Waals surface area contributed by atoms with Gasteiger partial charge in [-0.15, -0.1) is 11.6 Å². The minimum Gasteiger partial charge on any atom is -0.396 e. The first-order valence-electron chi connectivity index (χ1n) is 11.2. The summed E-state index contributed by atoms with van der Waals surface area (Å²) in [6.45, 7) is 7.15. The lowest BCUT2D eigenvalue weighted by Crippen LogP contribution is -2.48. The van der Waals surface area contributed by atoms with Gasteiger partial charge in [-0.3, -0.25) is 9.78 Å². The molecular formula is C23H33ClF3N3O2. The lowest BCUT2D eigenvalue weighted by Gasteiger charge is -2.39. The zero-order chi connectivity index (χ0) is 23.7. The third-order valence-corrected chi connectivity index (χ3v) is 7.90. The molecule has 1 aliphatic heterocycles. The summed E-state index contributed by atoms with van der Waals surface area (Å²) in [5, 5.41) is 13.1. The van der Waals surface area contributed by atoms with Crippen molar-refractivity contribution in [3.8, 4) is 0 Å². The fraction of sp³-hybridized carbons (Fsp3) is 0.739. The van der Waals surface area contributed by atoms with E-state index in [1.165, 1.54) is 0 Å². The number of nitrogens with one attached hydrogen (secondary N) is 1. The van der Waals surface area contributed by atoms with Gasteiger partial charge in [-0.1, -0.05) is 20.8 Å². The van der Waals surface area contributed by atoms with Crippen molar-refractivity contribution in [2.45, 2.75) is 65.2 Å². The molecule has 1 amide bonds. The Morgan fingerprint density at radius 1 is 1.44 bits per heavy atom. The van der Waals surface area contributed by atoms with Crippen LogP contribution in [0.2, 0.25) is 0 Å². The normalized spacial score (nSPS) is 25.7. The first kappa shape index (κ1) is 25.2. The van der Waals surface area contributed by atoms with Gasteiger partial charge < -0.3 is 15.3 Å². The second-order valence-electron chi connectivity index (χ2n) is 10.0. The second-order valence-corrected chi connectivity index (χ2v) is 10.3. The number of nitrogens with zero attached hydrogens (tertiary/aromatic N) is 2. The minimum absolute atomic E-state index is 0.0159. The Labute approximate surface area is 192 Å². The molecule has 2 aliphatic rings. The number of amides is 1. The van der Waals surface area contributed by atoms with E-state index in [9.17, 15) is 23.1 Å². The van der Waals surface area contributed by atoms with E-state index < -0.39 is 22.6 Å². The zero-order valence-corrected chi connectivity index (χ0v) is 19.7. The Kier molecular flexibility index (Phi) is 7.47. The van der Waals surface area contributed by atoms with Gasteiger partial charge >= 0.3 is 6.18 Å². The van der Waals surface area contributed by atoms with Crippen LogP contribution in [0.4, 0.5) is 13.2 Å². The van der Waals surface area contributed by atoms with E-state index in [-0.39, 0.29) is 31.0 Å². The lowest BCUT2D eigenvalue weighted by atomic mass is 9.74. The third kappa shape index (κ3) is 5.07. The van der Waals surface area contributed by atoms with Crippen LogP contribution in [0.15, 0.2) is 12.3 Å². The Hall–Kier alpha value is -1.38. The Balaban J connectivity index is 1.74. The maximum atomic E-state index is 13.7. The fourth-order valence-corrected chi connectivity index (χ4v) is 5.00. The first-order chi connectivity index (χ1) is 14.9. The van der Waals surface area contributed by atoms with E-state index in [1.807, 2.05) is 20.8 Å². The molecule has 2 heterocycles. The Morgan fingerprint density at radius 2 is 2.16 bits per heavy atom. The summed E-state index contributed by atoms with van der Waals surface area (Å²) in [7, 11) is 0. The van der Waals surface area contributed by atoms with Crippen molar-refractivity contribution in [2.75, 3.05) is 25.6 Å². The molecule has 0 bridgehead atoms. The molecule has 3 atom stereocenters. The molecule has 180 valence electrons. The van der Waals surface area contributed by atoms with Crippen LogP contribution in [-0.4, -0.2) is 52.5 Å². The number of fused-ring (bicyclic) bond motifs is 1. The summed E-state index contributed by atoms with van der Waals surface area (Å²) < 4.78 is 39.4. The highest BCUT2D eigenvalue weighted by atomic mass is 35.5. The number of aromatic nitrogens is 1. The standard InChI is InChI=1S/C23H33ClF3N3O2/c1-15(2)22(6-4-18(9-22)29-13-21(3,12-24)14-31)20(32)30-7-5-19-16(11-30)8-17(10-28-19)23(25,26)27/h8,10,15,18,29,31H,4-7,9,11-14H2,1-3H3/t18-,21?,22+/m1/s1. The predicted octanol–water partition coefficient (Wildman–Crippen LogP) is 4.01. The van der Waals surface area contributed by atoms with Gasteiger partial charge in [0.05, 0.1) is 17.6 Å². The highest BCUT2D eigenvalue weighted by molar-refractivity contribution is 6.18. The average Bonchev–Trinajstić information content (AvgIpc) is 3.21. The largest absolute Gasteiger partial charge is 0.417 e. The SMILES string of the molecule is CC(C)[C@]1(C(=O)N2CCc3ncc(C(F)(F)F)cc3C2)CC[C@@H](NCC(C)(CO)CCl)C1. The molecule has 0 spiro atoms. The number of aliphatic hydroxyl groups excluding tert-OH is 1. The summed E-state index contributed by atoms with van der Waals surface area (Å²) >= 11 is 6.00. The molecule has 1 aromatic heterocycles. The zero-order valence-electron chi connectivity index (χ0n) is 18.9. The van der Waals surface area contributed by atoms with E-state index in [0.717, 1.165) is 25.1 Å². The molecular weight excluding hydrogens is 443 g/mol. The molecule has 3 rings (SSSR count). The van der Waals surface area contributed by atoms with Crippen LogP contribution in [0.1, 0.15) is 56.9 Å². The van der Waals surface area contributed by atoms with Gasteiger partial charge in [0, 0.05) is 55.3 Å². The van der Waals surface area contributed by atoms with Crippen molar-refractivity contribution in [3.05, 3.63) is 29.1 Å². The molecule has 0 saturated heterocycles. The van der Waals surface area contributed by atoms with Gasteiger partial charge in [-0.2, -0.15) is 13.2 Å². The number of halogens is 4. The molecule has 0 radical (unpaired) electrons. The van der Waals surface area contributed by atoms with Crippen LogP contribution in [0.3, 0.4) is 0 Å². The summed E-state index contributed by atoms with van der Waals surface area (Å²) in [6, 6.07) is 1.26. The Bertz CT molecular complexity index is 829. The van der Waals surface area contributed by atoms with E-state index in [0.29, 0.717) is 43.1 Å². The summed E-state index contributed by atoms with van der Waals surface area (Å²) in [4.78, 5) is 19.4. The average molecular weight is 476 g/mol. The van der Waals surface area contributed by atoms with Crippen molar-refractivity contribution in [1.29, 1.82) is 0 Å². The molecule has 32 heavy (non-hydrogen) atoms. The van der Waals surface area contributed by atoms with Crippen molar-refractivity contribution >= 4 is 17.5 Å². The predicted molar refractivity (Wildman–Crippen MR) is 117 cm³/mol. The molecule has 1 aromatic rings. The first-order valence-corrected chi connectivity index (χ1v) is 11.7. The van der Waals surface area contributed by atoms with Gasteiger partial charge in [0.2, 0.25) is 5.91 Å². The molecule has 1 saturated carbocycles. The number of carbonyl (C=O) groups is 1. The number of carbonyl (C=O) groups excluding carboxylic acids is 1. The second kappa shape index (κ2) is 9.47. The maximum Gasteiger partial charge on any atom is 0.417 e. The lowest BCUT2D eigenvalue weighted by molar-refractivity contribution is -0.145. The van der Waals surface area contributed by atoms with Crippen molar-refractivity contribution < 1.29 is 23.1 Å². The smallest absolute Gasteiger partial charge is 0.396 e. The van der Waals surface area contributed by atoms with Crippen LogP contribution in [-0.2, 0) is 23.9 Å². The van der Waals surface area contributed by atoms with Crippen LogP contribution in [0.5, 0.6) is 0 Å². The van der Waals surface area contributed by atoms with Crippen LogP contribution in [0.25, 0.3) is 0 Å². The van der Waals surface area contributed by atoms with Crippen LogP contribution < -0.4 is 5.32 Å². The highest BCUT2D eigenvalue weighted by Gasteiger charge is 2.49. The van der Waals surface area contributed by atoms with Gasteiger partial charge in [0.15, 0.2) is 0 Å². The van der Waals surface area contributed by atoms with Crippen LogP contribution in [0, 0.1) is 16.7 Å². The number of hydrogen-bond donors (Lipinski definition) is 2. The summed E-state index contributed by atoms with van der Waals surface area (Å²) in [6.07, 6.45) is -0.902. The van der Waals surface area contributed by atoms with Crippen molar-refractivity contribution in [3.63, 3.8) is 0 Å². The number of aliphatic hydroxyl groups is 1. The molecule has 2 N–H and O–H groups in total. The monoisotopic (exact) mass is 475 g/mol. The third-order valence-electron chi connectivity index (χ3n) is 7.26. The van der Waals surface area contributed by atoms with Crippen molar-refractivity contribution in [2.24, 2.45) is 16.7 Å². The number of hydrogen-bond acceptors (Lipinski definition) is 4. The molecule has 9 heteroatoms. The molecule has 1 unspecified atom stereocenters. The van der Waals surface area contributed by atoms with E-state index in [4.69, 9.17) is 11.6 Å². The highest BCUT2D eigenvalue weighted by Crippen LogP contribution is 2.46. The molecule has 1 fully saturated rings. The van der Waals surface area contributed by atoms with Crippen molar-refractivity contribution in [1.82, 2.24) is 15.2 Å². The van der Waals surface area contributed by atoms with Gasteiger partial charge in [0.1, 0.15) is 0 Å². The maximum absolute atomic E-state index is 13.7. The van der Waals surface area contributed by atoms with Gasteiger partial charge in [0.25, 0.3) is 0 Å². The topological polar surface area (TPSA) is 65.5 Å². The van der Waals surface area contributed by atoms with Gasteiger partial charge in [-0.25, -0.2) is 0 Å². The number of alkyl halides is 4. The fourth-order valence-electron chi connectivity index (χ4n) is 4.82. The molecule has 0 aromatic carbocycles. The minimum atomic E-state index is -4.45. The number of pyridine rings is 1. The Morgan fingerprint density at radius 3 is 2.75 bits per heavy atom. The number of rotatable bonds is 7. The van der Waals surface area contributed by atoms with E-state index in [2.05, 4.69) is 10.3 Å². The van der Waals surface area contributed by atoms with Gasteiger partial charge in [-0.05, 0) is 36.8 Å².